The van der Waals surface area contributed by atoms with Crippen LogP contribution in [0.4, 0.5) is 0 Å². The second kappa shape index (κ2) is 6.22. The number of hydrogen-bond acceptors (Lipinski definition) is 2. The van der Waals surface area contributed by atoms with Gasteiger partial charge in [0.15, 0.2) is 6.29 Å². The van der Waals surface area contributed by atoms with Crippen LogP contribution in [0.3, 0.4) is 0 Å². The maximum atomic E-state index is 6.12. The van der Waals surface area contributed by atoms with Crippen molar-refractivity contribution in [3.8, 4) is 0 Å². The third kappa shape index (κ3) is 3.58. The van der Waals surface area contributed by atoms with Crippen molar-refractivity contribution in [2.75, 3.05) is 13.2 Å². The molecule has 0 unspecified atom stereocenters. The molecule has 0 aromatic heterocycles. The Morgan fingerprint density at radius 2 is 1.65 bits per heavy atom. The lowest BCUT2D eigenvalue weighted by atomic mass is 10.2. The molecule has 0 spiro atoms. The quantitative estimate of drug-likeness (QED) is 0.638. The summed E-state index contributed by atoms with van der Waals surface area (Å²) in [6.07, 6.45) is -0.442. The fourth-order valence-corrected chi connectivity index (χ4v) is 2.60. The van der Waals surface area contributed by atoms with Crippen LogP contribution in [-0.4, -0.2) is 22.9 Å². The zero-order chi connectivity index (χ0) is 12.4. The second-order valence-electron chi connectivity index (χ2n) is 3.70. The molecular weight excluding hydrogens is 395 g/mol. The average molecular weight is 405 g/mol. The molecule has 2 atom stereocenters. The highest BCUT2D eigenvalue weighted by molar-refractivity contribution is 9.12. The van der Waals surface area contributed by atoms with Gasteiger partial charge in [-0.2, -0.15) is 0 Å². The number of halogens is 4. The van der Waals surface area contributed by atoms with Gasteiger partial charge in [0, 0.05) is 10.6 Å². The molecule has 17 heavy (non-hydrogen) atoms. The van der Waals surface area contributed by atoms with Gasteiger partial charge in [-0.05, 0) is 12.1 Å². The van der Waals surface area contributed by atoms with Gasteiger partial charge in [0.25, 0.3) is 0 Å². The van der Waals surface area contributed by atoms with Crippen LogP contribution < -0.4 is 0 Å². The molecular formula is C11H10Br2Cl2O2. The van der Waals surface area contributed by atoms with Crippen molar-refractivity contribution in [2.24, 2.45) is 0 Å². The van der Waals surface area contributed by atoms with E-state index in [1.165, 1.54) is 0 Å². The Morgan fingerprint density at radius 1 is 1.06 bits per heavy atom. The van der Waals surface area contributed by atoms with Gasteiger partial charge in [-0.3, -0.25) is 0 Å². The molecule has 94 valence electrons. The molecule has 0 aliphatic carbocycles. The highest BCUT2D eigenvalue weighted by atomic mass is 79.9. The van der Waals surface area contributed by atoms with Gasteiger partial charge in [0.2, 0.25) is 0 Å². The zero-order valence-electron chi connectivity index (χ0n) is 8.71. The Hall–Kier alpha value is 0.680. The fourth-order valence-electron chi connectivity index (χ4n) is 1.49. The molecule has 0 radical (unpaired) electrons. The molecule has 0 amide bonds. The van der Waals surface area contributed by atoms with Crippen molar-refractivity contribution < 1.29 is 9.47 Å². The normalized spacial score (nSPS) is 26.8. The van der Waals surface area contributed by atoms with Gasteiger partial charge in [-0.25, -0.2) is 0 Å². The number of ether oxygens (including phenoxy) is 2. The summed E-state index contributed by atoms with van der Waals surface area (Å²) in [5.74, 6) is 0. The smallest absolute Gasteiger partial charge is 0.185 e. The van der Waals surface area contributed by atoms with Gasteiger partial charge >= 0.3 is 0 Å². The summed E-state index contributed by atoms with van der Waals surface area (Å²) in [5, 5.41) is 1.16. The molecule has 0 saturated carbocycles. The van der Waals surface area contributed by atoms with E-state index in [4.69, 9.17) is 32.7 Å². The molecule has 1 saturated heterocycles. The number of hydrogen-bond donors (Lipinski definition) is 0. The summed E-state index contributed by atoms with van der Waals surface area (Å²) in [6, 6.07) is 5.29. The van der Waals surface area contributed by atoms with Crippen molar-refractivity contribution in [3.05, 3.63) is 33.8 Å². The van der Waals surface area contributed by atoms with E-state index >= 15 is 0 Å². The summed E-state index contributed by atoms with van der Waals surface area (Å²) >= 11 is 19.0. The molecule has 1 aromatic carbocycles. The minimum absolute atomic E-state index is 0.221. The Bertz CT molecular complexity index is 391. The van der Waals surface area contributed by atoms with Gasteiger partial charge in [0.1, 0.15) is 0 Å². The minimum atomic E-state index is -0.442. The van der Waals surface area contributed by atoms with E-state index in [2.05, 4.69) is 31.9 Å². The summed E-state index contributed by atoms with van der Waals surface area (Å²) in [5.41, 5.74) is 0.803. The summed E-state index contributed by atoms with van der Waals surface area (Å²) in [6.45, 7) is 1.11. The lowest BCUT2D eigenvalue weighted by Gasteiger charge is -2.17. The number of benzene rings is 1. The van der Waals surface area contributed by atoms with Crippen LogP contribution in [0.15, 0.2) is 18.2 Å². The molecule has 1 heterocycles. The first-order valence-electron chi connectivity index (χ1n) is 5.04. The topological polar surface area (TPSA) is 18.5 Å². The van der Waals surface area contributed by atoms with Crippen molar-refractivity contribution >= 4 is 55.1 Å². The standard InChI is InChI=1S/C11H10Br2Cl2O2/c12-8-4-16-11(17-5-9(8)13)7-2-1-6(14)3-10(7)15/h1-3,8-9,11H,4-5H2/t8-,9-/m1/s1. The fraction of sp³-hybridized carbons (Fsp3) is 0.455. The lowest BCUT2D eigenvalue weighted by molar-refractivity contribution is -0.129. The summed E-state index contributed by atoms with van der Waals surface area (Å²) in [7, 11) is 0. The third-order valence-corrected chi connectivity index (χ3v) is 5.50. The first kappa shape index (κ1) is 14.1. The van der Waals surface area contributed by atoms with Crippen LogP contribution in [0.5, 0.6) is 0 Å². The third-order valence-electron chi connectivity index (χ3n) is 2.42. The van der Waals surface area contributed by atoms with Gasteiger partial charge in [-0.1, -0.05) is 61.1 Å². The molecule has 0 N–H and O–H groups in total. The molecule has 2 rings (SSSR count). The van der Waals surface area contributed by atoms with E-state index in [0.29, 0.717) is 23.3 Å². The number of alkyl halides is 2. The van der Waals surface area contributed by atoms with Crippen LogP contribution in [0.1, 0.15) is 11.9 Å². The van der Waals surface area contributed by atoms with Crippen molar-refractivity contribution in [3.63, 3.8) is 0 Å². The first-order chi connectivity index (χ1) is 8.08. The van der Waals surface area contributed by atoms with E-state index < -0.39 is 6.29 Å². The molecule has 1 fully saturated rings. The minimum Gasteiger partial charge on any atom is -0.347 e. The lowest BCUT2D eigenvalue weighted by Crippen LogP contribution is -2.19. The van der Waals surface area contributed by atoms with Crippen molar-refractivity contribution in [1.82, 2.24) is 0 Å². The molecule has 1 aliphatic rings. The maximum absolute atomic E-state index is 6.12. The maximum Gasteiger partial charge on any atom is 0.185 e. The average Bonchev–Trinajstić information content (AvgIpc) is 2.44. The Balaban J connectivity index is 2.17. The van der Waals surface area contributed by atoms with Crippen LogP contribution >= 0.6 is 55.1 Å². The van der Waals surface area contributed by atoms with Crippen molar-refractivity contribution in [1.29, 1.82) is 0 Å². The number of rotatable bonds is 1. The largest absolute Gasteiger partial charge is 0.347 e. The molecule has 0 bridgehead atoms. The second-order valence-corrected chi connectivity index (χ2v) is 6.89. The van der Waals surface area contributed by atoms with E-state index in [0.717, 1.165) is 5.56 Å². The Kier molecular flexibility index (Phi) is 5.16. The van der Waals surface area contributed by atoms with Gasteiger partial charge in [0.05, 0.1) is 27.9 Å². The molecule has 1 aliphatic heterocycles. The SMILES string of the molecule is Clc1ccc(C2OC[C@@H](Br)[C@H](Br)CO2)c(Cl)c1. The van der Waals surface area contributed by atoms with Gasteiger partial charge < -0.3 is 9.47 Å². The highest BCUT2D eigenvalue weighted by Gasteiger charge is 2.26. The predicted molar refractivity (Wildman–Crippen MR) is 76.5 cm³/mol. The molecule has 2 nitrogen and oxygen atoms in total. The Labute approximate surface area is 127 Å². The van der Waals surface area contributed by atoms with Gasteiger partial charge in [-0.15, -0.1) is 0 Å². The van der Waals surface area contributed by atoms with E-state index in [1.807, 2.05) is 6.07 Å². The van der Waals surface area contributed by atoms with Crippen LogP contribution in [-0.2, 0) is 9.47 Å². The molecule has 1 aromatic rings. The van der Waals surface area contributed by atoms with E-state index in [1.54, 1.807) is 12.1 Å². The zero-order valence-corrected chi connectivity index (χ0v) is 13.4. The van der Waals surface area contributed by atoms with Crippen LogP contribution in [0.2, 0.25) is 10.0 Å². The van der Waals surface area contributed by atoms with E-state index in [9.17, 15) is 0 Å². The summed E-state index contributed by atoms with van der Waals surface area (Å²) in [4.78, 5) is 0.442. The Morgan fingerprint density at radius 3 is 2.18 bits per heavy atom. The van der Waals surface area contributed by atoms with Crippen LogP contribution in [0, 0.1) is 0 Å². The highest BCUT2D eigenvalue weighted by Crippen LogP contribution is 2.32. The van der Waals surface area contributed by atoms with E-state index in [-0.39, 0.29) is 9.65 Å². The first-order valence-corrected chi connectivity index (χ1v) is 7.63. The monoisotopic (exact) mass is 402 g/mol. The predicted octanol–water partition coefficient (Wildman–Crippen LogP) is 4.57. The summed E-state index contributed by atoms with van der Waals surface area (Å²) < 4.78 is 11.3. The van der Waals surface area contributed by atoms with Crippen LogP contribution in [0.25, 0.3) is 0 Å². The van der Waals surface area contributed by atoms with Crippen molar-refractivity contribution in [2.45, 2.75) is 15.9 Å². The molecule has 6 heteroatoms.